The van der Waals surface area contributed by atoms with Crippen LogP contribution in [0.15, 0.2) is 64.8 Å². The molecule has 2 aromatic heterocycles. The third kappa shape index (κ3) is 5.05. The third-order valence-electron chi connectivity index (χ3n) is 7.21. The van der Waals surface area contributed by atoms with Crippen molar-refractivity contribution in [3.05, 3.63) is 87.8 Å². The van der Waals surface area contributed by atoms with E-state index in [0.29, 0.717) is 5.56 Å². The fourth-order valence-corrected chi connectivity index (χ4v) is 6.43. The van der Waals surface area contributed by atoms with Gasteiger partial charge in [-0.1, -0.05) is 36.4 Å². The number of carbonyl (C=O) groups excluding carboxylic acids is 1. The van der Waals surface area contributed by atoms with Crippen LogP contribution in [0.5, 0.6) is 0 Å². The third-order valence-corrected chi connectivity index (χ3v) is 8.65. The van der Waals surface area contributed by atoms with Crippen LogP contribution in [0.25, 0.3) is 28.0 Å². The lowest BCUT2D eigenvalue weighted by Gasteiger charge is -2.40. The van der Waals surface area contributed by atoms with Gasteiger partial charge in [-0.25, -0.2) is 31.5 Å². The van der Waals surface area contributed by atoms with Crippen LogP contribution in [0.3, 0.4) is 0 Å². The Hall–Kier alpha value is -4.16. The van der Waals surface area contributed by atoms with Gasteiger partial charge >= 0.3 is 5.69 Å². The van der Waals surface area contributed by atoms with E-state index in [-0.39, 0.29) is 69.6 Å². The van der Waals surface area contributed by atoms with Crippen molar-refractivity contribution >= 4 is 44.2 Å². The zero-order valence-corrected chi connectivity index (χ0v) is 24.5. The number of nitrogens with zero attached hydrogens (tertiary/aromatic N) is 5. The molecule has 9 nitrogen and oxygen atoms in total. The maximum Gasteiger partial charge on any atom is 0.355 e. The van der Waals surface area contributed by atoms with Crippen molar-refractivity contribution in [1.29, 1.82) is 0 Å². The number of hydrogen-bond acceptors (Lipinski definition) is 7. The molecule has 1 fully saturated rings. The van der Waals surface area contributed by atoms with Crippen LogP contribution in [0.1, 0.15) is 12.5 Å². The van der Waals surface area contributed by atoms with Crippen molar-refractivity contribution < 1.29 is 22.0 Å². The Labute approximate surface area is 245 Å². The number of para-hydroxylation sites is 1. The molecule has 0 N–H and O–H groups in total. The molecule has 0 saturated carbocycles. The van der Waals surface area contributed by atoms with Gasteiger partial charge in [-0.05, 0) is 49.8 Å². The lowest BCUT2D eigenvalue weighted by molar-refractivity contribution is -0.126. The Morgan fingerprint density at radius 3 is 2.48 bits per heavy atom. The molecule has 0 spiro atoms. The van der Waals surface area contributed by atoms with Crippen LogP contribution >= 0.6 is 11.6 Å². The molecule has 2 aromatic carbocycles. The molecule has 13 heteroatoms. The second kappa shape index (κ2) is 10.9. The van der Waals surface area contributed by atoms with Crippen molar-refractivity contribution in [2.45, 2.75) is 24.8 Å². The first-order valence-corrected chi connectivity index (χ1v) is 15.2. The SMILES string of the molecule is C=CC(=O)N1CCN(c2nc(=O)n(-c3c(C)cccc3S(C)(=O)=O)c3nc(-c4c(F)cccc4Cl)c(F)cc23)[C@@H](C)C1. The molecule has 5 rings (SSSR count). The molecule has 1 atom stereocenters. The summed E-state index contributed by atoms with van der Waals surface area (Å²) < 4.78 is 57.4. The number of benzene rings is 2. The summed E-state index contributed by atoms with van der Waals surface area (Å²) in [5.41, 5.74) is -1.38. The highest BCUT2D eigenvalue weighted by Gasteiger charge is 2.31. The lowest BCUT2D eigenvalue weighted by Crippen LogP contribution is -2.54. The van der Waals surface area contributed by atoms with Gasteiger partial charge in [-0.2, -0.15) is 4.98 Å². The van der Waals surface area contributed by atoms with E-state index < -0.39 is 32.9 Å². The van der Waals surface area contributed by atoms with Gasteiger partial charge in [0.1, 0.15) is 17.3 Å². The number of piperazine rings is 1. The molecule has 0 bridgehead atoms. The molecule has 1 aliphatic heterocycles. The molecule has 0 unspecified atom stereocenters. The van der Waals surface area contributed by atoms with Gasteiger partial charge in [0.05, 0.1) is 26.6 Å². The number of halogens is 3. The second-order valence-electron chi connectivity index (χ2n) is 10.1. The minimum atomic E-state index is -3.86. The van der Waals surface area contributed by atoms with Crippen molar-refractivity contribution in [3.8, 4) is 16.9 Å². The van der Waals surface area contributed by atoms with Crippen LogP contribution in [-0.4, -0.2) is 65.7 Å². The van der Waals surface area contributed by atoms with Crippen LogP contribution in [0, 0.1) is 18.6 Å². The summed E-state index contributed by atoms with van der Waals surface area (Å²) in [7, 11) is -3.86. The van der Waals surface area contributed by atoms with Gasteiger partial charge < -0.3 is 9.80 Å². The highest BCUT2D eigenvalue weighted by molar-refractivity contribution is 7.90. The number of fused-ring (bicyclic) bond motifs is 1. The largest absolute Gasteiger partial charge is 0.355 e. The molecule has 0 radical (unpaired) electrons. The van der Waals surface area contributed by atoms with E-state index in [4.69, 9.17) is 11.6 Å². The van der Waals surface area contributed by atoms with Crippen LogP contribution in [0.4, 0.5) is 14.6 Å². The number of carbonyl (C=O) groups is 1. The number of aromatic nitrogens is 3. The number of aryl methyl sites for hydroxylation is 1. The second-order valence-corrected chi connectivity index (χ2v) is 12.5. The zero-order chi connectivity index (χ0) is 30.5. The predicted octanol–water partition coefficient (Wildman–Crippen LogP) is 4.31. The highest BCUT2D eigenvalue weighted by atomic mass is 35.5. The molecule has 0 aliphatic carbocycles. The van der Waals surface area contributed by atoms with Crippen molar-refractivity contribution in [3.63, 3.8) is 0 Å². The fourth-order valence-electron chi connectivity index (χ4n) is 5.24. The molecule has 4 aromatic rings. The maximum absolute atomic E-state index is 15.8. The van der Waals surface area contributed by atoms with Crippen molar-refractivity contribution in [2.75, 3.05) is 30.8 Å². The van der Waals surface area contributed by atoms with Crippen LogP contribution in [-0.2, 0) is 14.6 Å². The van der Waals surface area contributed by atoms with E-state index in [1.807, 2.05) is 6.92 Å². The first-order chi connectivity index (χ1) is 19.8. The Bertz CT molecular complexity index is 1930. The standard InChI is InChI=1S/C29H26ClF2N5O4S/c1-5-23(38)35-12-13-36(17(3)15-35)27-18-14-21(32)25(24-19(30)9-7-10-20(24)31)33-28(18)37(29(39)34-27)26-16(2)8-6-11-22(26)42(4,40)41/h5-11,14,17H,1,12-13,15H2,2-4H3/t17-/m0/s1. The molecule has 1 amide bonds. The topological polar surface area (TPSA) is 105 Å². The monoisotopic (exact) mass is 613 g/mol. The highest BCUT2D eigenvalue weighted by Crippen LogP contribution is 2.36. The number of anilines is 1. The summed E-state index contributed by atoms with van der Waals surface area (Å²) in [6.45, 7) is 7.79. The Kier molecular flexibility index (Phi) is 7.62. The average Bonchev–Trinajstić information content (AvgIpc) is 2.92. The smallest absolute Gasteiger partial charge is 0.350 e. The first-order valence-electron chi connectivity index (χ1n) is 12.9. The van der Waals surface area contributed by atoms with Crippen LogP contribution < -0.4 is 10.6 Å². The van der Waals surface area contributed by atoms with E-state index in [1.165, 1.54) is 30.3 Å². The maximum atomic E-state index is 15.8. The van der Waals surface area contributed by atoms with Gasteiger partial charge in [0.15, 0.2) is 21.3 Å². The van der Waals surface area contributed by atoms with Gasteiger partial charge in [0.25, 0.3) is 0 Å². The van der Waals surface area contributed by atoms with Gasteiger partial charge in [-0.15, -0.1) is 0 Å². The van der Waals surface area contributed by atoms with E-state index in [1.54, 1.807) is 22.8 Å². The molecular formula is C29H26ClF2N5O4S. The summed E-state index contributed by atoms with van der Waals surface area (Å²) in [6.07, 6.45) is 2.22. The van der Waals surface area contributed by atoms with E-state index in [9.17, 15) is 22.4 Å². The number of amides is 1. The molecule has 218 valence electrons. The normalized spacial score (nSPS) is 15.7. The van der Waals surface area contributed by atoms with Gasteiger partial charge in [0, 0.05) is 31.9 Å². The molecule has 42 heavy (non-hydrogen) atoms. The van der Waals surface area contributed by atoms with E-state index in [2.05, 4.69) is 16.5 Å². The lowest BCUT2D eigenvalue weighted by atomic mass is 10.1. The summed E-state index contributed by atoms with van der Waals surface area (Å²) in [5, 5.41) is -0.0189. The van der Waals surface area contributed by atoms with Crippen molar-refractivity contribution in [1.82, 2.24) is 19.4 Å². The fraction of sp³-hybridized carbons (Fsp3) is 0.241. The van der Waals surface area contributed by atoms with E-state index >= 15 is 4.39 Å². The Morgan fingerprint density at radius 1 is 1.12 bits per heavy atom. The Balaban J connectivity index is 1.86. The van der Waals surface area contributed by atoms with E-state index in [0.717, 1.165) is 23.0 Å². The number of pyridine rings is 1. The van der Waals surface area contributed by atoms with Crippen LogP contribution in [0.2, 0.25) is 5.02 Å². The zero-order valence-electron chi connectivity index (χ0n) is 22.9. The first kappa shape index (κ1) is 29.3. The van der Waals surface area contributed by atoms with Gasteiger partial charge in [-0.3, -0.25) is 4.79 Å². The minimum Gasteiger partial charge on any atom is -0.350 e. The van der Waals surface area contributed by atoms with Crippen molar-refractivity contribution in [2.24, 2.45) is 0 Å². The summed E-state index contributed by atoms with van der Waals surface area (Å²) in [5.74, 6) is -1.91. The summed E-state index contributed by atoms with van der Waals surface area (Å²) in [6, 6.07) is 9.09. The Morgan fingerprint density at radius 2 is 1.83 bits per heavy atom. The minimum absolute atomic E-state index is 0.00631. The summed E-state index contributed by atoms with van der Waals surface area (Å²) >= 11 is 6.25. The number of hydrogen-bond donors (Lipinski definition) is 0. The van der Waals surface area contributed by atoms with Gasteiger partial charge in [0.2, 0.25) is 5.91 Å². The number of rotatable bonds is 5. The molecule has 1 aliphatic rings. The molecule has 1 saturated heterocycles. The number of sulfone groups is 1. The quantitative estimate of drug-likeness (QED) is 0.309. The average molecular weight is 614 g/mol. The predicted molar refractivity (Wildman–Crippen MR) is 157 cm³/mol. The summed E-state index contributed by atoms with van der Waals surface area (Å²) in [4.78, 5) is 38.0. The molecular weight excluding hydrogens is 588 g/mol. The molecule has 3 heterocycles.